The summed E-state index contributed by atoms with van der Waals surface area (Å²) in [5.74, 6) is 0.869. The third-order valence-electron chi connectivity index (χ3n) is 5.30. The number of imide groups is 1. The molecule has 190 valence electrons. The fourth-order valence-corrected chi connectivity index (χ4v) is 4.50. The second-order valence-electron chi connectivity index (χ2n) is 7.64. The molecule has 1 saturated heterocycles. The number of rotatable bonds is 9. The molecule has 0 radical (unpaired) electrons. The lowest BCUT2D eigenvalue weighted by atomic mass is 10.2. The van der Waals surface area contributed by atoms with E-state index in [2.05, 4.69) is 0 Å². The number of ether oxygens (including phenoxy) is 4. The van der Waals surface area contributed by atoms with Crippen molar-refractivity contribution in [1.29, 1.82) is 0 Å². The number of benzene rings is 3. The summed E-state index contributed by atoms with van der Waals surface area (Å²) >= 11 is 7.15. The van der Waals surface area contributed by atoms with E-state index in [1.54, 1.807) is 60.7 Å². The molecule has 1 heterocycles. The highest BCUT2D eigenvalue weighted by Gasteiger charge is 2.34. The van der Waals surface area contributed by atoms with Crippen LogP contribution in [0.15, 0.2) is 71.6 Å². The Kier molecular flexibility index (Phi) is 8.37. The van der Waals surface area contributed by atoms with Crippen LogP contribution in [0.5, 0.6) is 23.0 Å². The fraction of sp³-hybridized carbons (Fsp3) is 0.148. The fourth-order valence-electron chi connectivity index (χ4n) is 3.40. The van der Waals surface area contributed by atoms with Crippen molar-refractivity contribution < 1.29 is 33.3 Å². The molecular formula is C27H22ClNO7S. The maximum absolute atomic E-state index is 12.8. The minimum absolute atomic E-state index is 0.0844. The number of nitrogens with zero attached hydrogens (tertiary/aromatic N) is 1. The third kappa shape index (κ3) is 6.25. The zero-order chi connectivity index (χ0) is 26.4. The van der Waals surface area contributed by atoms with Crippen molar-refractivity contribution in [3.63, 3.8) is 0 Å². The molecule has 2 amide bonds. The van der Waals surface area contributed by atoms with Crippen molar-refractivity contribution >= 4 is 46.6 Å². The van der Waals surface area contributed by atoms with Gasteiger partial charge in [-0.15, -0.1) is 0 Å². The topological polar surface area (TPSA) is 91.4 Å². The molecule has 3 aromatic carbocycles. The molecule has 0 unspecified atom stereocenters. The smallest absolute Gasteiger partial charge is 0.343 e. The second kappa shape index (κ2) is 11.9. The molecule has 0 aliphatic carbocycles. The molecule has 0 atom stereocenters. The SMILES string of the molecule is COc1ccc(C(=O)Oc2ccc(/C=C3\SC(=O)N(CCOc4ccccc4OC)C3=O)cc2Cl)cc1. The Labute approximate surface area is 222 Å². The highest BCUT2D eigenvalue weighted by Crippen LogP contribution is 2.34. The quantitative estimate of drug-likeness (QED) is 0.194. The molecule has 8 nitrogen and oxygen atoms in total. The first-order valence-electron chi connectivity index (χ1n) is 11.1. The molecule has 0 spiro atoms. The number of hydrogen-bond donors (Lipinski definition) is 0. The van der Waals surface area contributed by atoms with Crippen LogP contribution >= 0.6 is 23.4 Å². The van der Waals surface area contributed by atoms with E-state index in [4.69, 9.17) is 30.5 Å². The lowest BCUT2D eigenvalue weighted by Gasteiger charge is -2.14. The van der Waals surface area contributed by atoms with Crippen molar-refractivity contribution in [3.05, 3.63) is 87.8 Å². The standard InChI is InChI=1S/C27H22ClNO7S/c1-33-19-10-8-18(9-11-19)26(31)36-21-12-7-17(15-20(21)28)16-24-25(30)29(27(32)37-24)13-14-35-23-6-4-3-5-22(23)34-2/h3-12,15-16H,13-14H2,1-2H3/b24-16-. The van der Waals surface area contributed by atoms with Crippen molar-refractivity contribution in [2.45, 2.75) is 0 Å². The summed E-state index contributed by atoms with van der Waals surface area (Å²) in [6.07, 6.45) is 1.56. The molecular weight excluding hydrogens is 518 g/mol. The number of carbonyl (C=O) groups excluding carboxylic acids is 3. The summed E-state index contributed by atoms with van der Waals surface area (Å²) in [6, 6.07) is 18.3. The van der Waals surface area contributed by atoms with Gasteiger partial charge < -0.3 is 18.9 Å². The van der Waals surface area contributed by atoms with Crippen LogP contribution in [0.4, 0.5) is 4.79 Å². The van der Waals surface area contributed by atoms with Crippen LogP contribution in [0.25, 0.3) is 6.08 Å². The maximum Gasteiger partial charge on any atom is 0.343 e. The van der Waals surface area contributed by atoms with Crippen molar-refractivity contribution in [2.24, 2.45) is 0 Å². The van der Waals surface area contributed by atoms with Gasteiger partial charge in [0.05, 0.1) is 36.3 Å². The predicted octanol–water partition coefficient (Wildman–Crippen LogP) is 5.69. The van der Waals surface area contributed by atoms with E-state index in [9.17, 15) is 14.4 Å². The average Bonchev–Trinajstić information content (AvgIpc) is 3.17. The Hall–Kier alpha value is -3.95. The molecule has 0 N–H and O–H groups in total. The number of amides is 2. The molecule has 0 bridgehead atoms. The first kappa shape index (κ1) is 26.1. The Morgan fingerprint density at radius 2 is 1.68 bits per heavy atom. The zero-order valence-corrected chi connectivity index (χ0v) is 21.5. The van der Waals surface area contributed by atoms with E-state index in [1.807, 2.05) is 6.07 Å². The molecule has 4 rings (SSSR count). The number of para-hydroxylation sites is 2. The van der Waals surface area contributed by atoms with E-state index in [0.29, 0.717) is 28.4 Å². The number of esters is 1. The van der Waals surface area contributed by atoms with Gasteiger partial charge in [-0.1, -0.05) is 29.8 Å². The molecule has 1 fully saturated rings. The van der Waals surface area contributed by atoms with Crippen LogP contribution < -0.4 is 18.9 Å². The first-order valence-corrected chi connectivity index (χ1v) is 12.3. The predicted molar refractivity (Wildman–Crippen MR) is 141 cm³/mol. The van der Waals surface area contributed by atoms with Crippen LogP contribution in [-0.4, -0.2) is 49.4 Å². The van der Waals surface area contributed by atoms with Crippen LogP contribution in [-0.2, 0) is 4.79 Å². The number of halogens is 1. The average molecular weight is 540 g/mol. The van der Waals surface area contributed by atoms with Gasteiger partial charge in [0.2, 0.25) is 0 Å². The van der Waals surface area contributed by atoms with Crippen LogP contribution in [0, 0.1) is 0 Å². The van der Waals surface area contributed by atoms with Crippen molar-refractivity contribution in [3.8, 4) is 23.0 Å². The second-order valence-corrected chi connectivity index (χ2v) is 9.04. The molecule has 1 aliphatic heterocycles. The Morgan fingerprint density at radius 3 is 2.35 bits per heavy atom. The van der Waals surface area contributed by atoms with Gasteiger partial charge in [-0.3, -0.25) is 14.5 Å². The largest absolute Gasteiger partial charge is 0.497 e. The van der Waals surface area contributed by atoms with Gasteiger partial charge in [0.1, 0.15) is 18.1 Å². The van der Waals surface area contributed by atoms with Crippen LogP contribution in [0.3, 0.4) is 0 Å². The summed E-state index contributed by atoms with van der Waals surface area (Å²) in [6.45, 7) is 0.201. The molecule has 10 heteroatoms. The summed E-state index contributed by atoms with van der Waals surface area (Å²) < 4.78 is 21.4. The van der Waals surface area contributed by atoms with E-state index in [0.717, 1.165) is 16.7 Å². The van der Waals surface area contributed by atoms with Gasteiger partial charge in [0, 0.05) is 0 Å². The van der Waals surface area contributed by atoms with Crippen LogP contribution in [0.2, 0.25) is 5.02 Å². The lowest BCUT2D eigenvalue weighted by Crippen LogP contribution is -2.32. The highest BCUT2D eigenvalue weighted by atomic mass is 35.5. The number of carbonyl (C=O) groups is 3. The molecule has 37 heavy (non-hydrogen) atoms. The van der Waals surface area contributed by atoms with E-state index in [-0.39, 0.29) is 28.8 Å². The van der Waals surface area contributed by atoms with Gasteiger partial charge in [-0.25, -0.2) is 4.79 Å². The van der Waals surface area contributed by atoms with Gasteiger partial charge >= 0.3 is 5.97 Å². The summed E-state index contributed by atoms with van der Waals surface area (Å²) in [5, 5.41) is -0.212. The van der Waals surface area contributed by atoms with E-state index >= 15 is 0 Å². The zero-order valence-electron chi connectivity index (χ0n) is 19.9. The van der Waals surface area contributed by atoms with Crippen LogP contribution in [0.1, 0.15) is 15.9 Å². The Bertz CT molecular complexity index is 1360. The molecule has 0 aromatic heterocycles. The lowest BCUT2D eigenvalue weighted by molar-refractivity contribution is -0.123. The van der Waals surface area contributed by atoms with Crippen molar-refractivity contribution in [1.82, 2.24) is 4.90 Å². The highest BCUT2D eigenvalue weighted by molar-refractivity contribution is 8.18. The van der Waals surface area contributed by atoms with Gasteiger partial charge in [0.15, 0.2) is 11.5 Å². The maximum atomic E-state index is 12.8. The Morgan fingerprint density at radius 1 is 0.946 bits per heavy atom. The van der Waals surface area contributed by atoms with Crippen molar-refractivity contribution in [2.75, 3.05) is 27.4 Å². The molecule has 3 aromatic rings. The van der Waals surface area contributed by atoms with E-state index in [1.165, 1.54) is 20.3 Å². The van der Waals surface area contributed by atoms with Gasteiger partial charge in [0.25, 0.3) is 11.1 Å². The molecule has 1 aliphatic rings. The summed E-state index contributed by atoms with van der Waals surface area (Å²) in [7, 11) is 3.07. The molecule has 0 saturated carbocycles. The van der Waals surface area contributed by atoms with E-state index < -0.39 is 17.1 Å². The Balaban J connectivity index is 1.38. The minimum atomic E-state index is -0.575. The third-order valence-corrected chi connectivity index (χ3v) is 6.50. The monoisotopic (exact) mass is 539 g/mol. The van der Waals surface area contributed by atoms with Gasteiger partial charge in [-0.2, -0.15) is 0 Å². The van der Waals surface area contributed by atoms with Gasteiger partial charge in [-0.05, 0) is 71.9 Å². The first-order chi connectivity index (χ1) is 17.9. The minimum Gasteiger partial charge on any atom is -0.497 e. The normalized spacial score (nSPS) is 14.1. The number of thioether (sulfide) groups is 1. The number of hydrogen-bond acceptors (Lipinski definition) is 8. The number of methoxy groups -OCH3 is 2. The summed E-state index contributed by atoms with van der Waals surface area (Å²) in [5.41, 5.74) is 0.911. The summed E-state index contributed by atoms with van der Waals surface area (Å²) in [4.78, 5) is 39.0.